The van der Waals surface area contributed by atoms with Crippen LogP contribution >= 0.6 is 11.8 Å². The fourth-order valence-corrected chi connectivity index (χ4v) is 5.34. The van der Waals surface area contributed by atoms with Crippen molar-refractivity contribution in [2.75, 3.05) is 6.26 Å². The number of aromatic nitrogens is 1. The van der Waals surface area contributed by atoms with Gasteiger partial charge in [0.2, 0.25) is 0 Å². The van der Waals surface area contributed by atoms with Crippen molar-refractivity contribution in [3.05, 3.63) is 114 Å². The van der Waals surface area contributed by atoms with Crippen molar-refractivity contribution in [1.29, 1.82) is 0 Å². The van der Waals surface area contributed by atoms with Crippen molar-refractivity contribution < 1.29 is 9.90 Å². The predicted octanol–water partition coefficient (Wildman–Crippen LogP) is 8.74. The monoisotopic (exact) mass is 505 g/mol. The molecule has 0 unspecified atom stereocenters. The molecule has 1 heterocycles. The Bertz CT molecular complexity index is 1570. The summed E-state index contributed by atoms with van der Waals surface area (Å²) in [4.78, 5) is 14.0. The summed E-state index contributed by atoms with van der Waals surface area (Å²) in [5.41, 5.74) is 7.51. The van der Waals surface area contributed by atoms with Gasteiger partial charge in [-0.25, -0.2) is 4.79 Å². The molecule has 4 heteroatoms. The van der Waals surface area contributed by atoms with Gasteiger partial charge in [-0.15, -0.1) is 11.8 Å². The van der Waals surface area contributed by atoms with Crippen LogP contribution in [0.4, 0.5) is 0 Å². The molecule has 0 spiro atoms. The molecule has 37 heavy (non-hydrogen) atoms. The molecule has 3 nitrogen and oxygen atoms in total. The number of carboxylic acid groups (broad SMARTS) is 1. The highest BCUT2D eigenvalue weighted by atomic mass is 32.2. The number of nitrogens with zero attached hydrogens (tertiary/aromatic N) is 1. The third-order valence-corrected chi connectivity index (χ3v) is 7.65. The van der Waals surface area contributed by atoms with E-state index in [1.54, 1.807) is 11.8 Å². The van der Waals surface area contributed by atoms with E-state index in [0.29, 0.717) is 12.2 Å². The van der Waals surface area contributed by atoms with Gasteiger partial charge in [-0.2, -0.15) is 0 Å². The maximum atomic E-state index is 12.7. The minimum absolute atomic E-state index is 0.0306. The SMILES string of the molecule is CSc1ccc(-c2cccc(Cn3c(C(=O)O)c(-c4ccc(C(C)(C)C)cc4)c4ccccc43)c2)cc1. The maximum absolute atomic E-state index is 12.7. The lowest BCUT2D eigenvalue weighted by Crippen LogP contribution is -2.11. The van der Waals surface area contributed by atoms with E-state index in [1.807, 2.05) is 34.9 Å². The lowest BCUT2D eigenvalue weighted by Gasteiger charge is -2.19. The van der Waals surface area contributed by atoms with Crippen LogP contribution < -0.4 is 0 Å². The number of para-hydroxylation sites is 1. The Kier molecular flexibility index (Phi) is 6.70. The molecule has 5 aromatic rings. The van der Waals surface area contributed by atoms with Crippen LogP contribution in [0.15, 0.2) is 102 Å². The molecule has 186 valence electrons. The second kappa shape index (κ2) is 9.95. The molecule has 0 amide bonds. The Morgan fingerprint density at radius 2 is 1.49 bits per heavy atom. The molecule has 4 aromatic carbocycles. The molecule has 0 radical (unpaired) electrons. The first-order chi connectivity index (χ1) is 17.8. The van der Waals surface area contributed by atoms with Gasteiger partial charge in [0.25, 0.3) is 0 Å². The molecule has 5 rings (SSSR count). The van der Waals surface area contributed by atoms with E-state index < -0.39 is 5.97 Å². The van der Waals surface area contributed by atoms with Crippen LogP contribution in [0.3, 0.4) is 0 Å². The number of aromatic carboxylic acids is 1. The number of thioether (sulfide) groups is 1. The molecule has 0 aliphatic heterocycles. The van der Waals surface area contributed by atoms with E-state index in [2.05, 4.69) is 93.8 Å². The van der Waals surface area contributed by atoms with Gasteiger partial charge in [0.15, 0.2) is 0 Å². The number of benzene rings is 4. The second-order valence-corrected chi connectivity index (χ2v) is 11.3. The van der Waals surface area contributed by atoms with Crippen molar-refractivity contribution >= 4 is 28.6 Å². The highest BCUT2D eigenvalue weighted by Gasteiger charge is 2.24. The molecule has 0 aliphatic carbocycles. The zero-order chi connectivity index (χ0) is 26.2. The van der Waals surface area contributed by atoms with Gasteiger partial charge in [-0.3, -0.25) is 0 Å². The van der Waals surface area contributed by atoms with Gasteiger partial charge in [0.05, 0.1) is 0 Å². The van der Waals surface area contributed by atoms with Crippen molar-refractivity contribution in [2.24, 2.45) is 0 Å². The van der Waals surface area contributed by atoms with Crippen LogP contribution in [-0.2, 0) is 12.0 Å². The van der Waals surface area contributed by atoms with Gasteiger partial charge in [-0.05, 0) is 63.8 Å². The van der Waals surface area contributed by atoms with E-state index in [4.69, 9.17) is 0 Å². The lowest BCUT2D eigenvalue weighted by atomic mass is 9.86. The zero-order valence-electron chi connectivity index (χ0n) is 21.7. The summed E-state index contributed by atoms with van der Waals surface area (Å²) in [5.74, 6) is -0.921. The minimum Gasteiger partial charge on any atom is -0.477 e. The molecular formula is C33H31NO2S. The lowest BCUT2D eigenvalue weighted by molar-refractivity contribution is 0.0687. The van der Waals surface area contributed by atoms with Crippen molar-refractivity contribution in [2.45, 2.75) is 37.6 Å². The standard InChI is InChI=1S/C33H31NO2S/c1-33(2,3)26-16-12-24(13-17-26)30-28-10-5-6-11-29(28)34(31(30)32(35)36)21-22-8-7-9-25(20-22)23-14-18-27(37-4)19-15-23/h5-20H,21H2,1-4H3,(H,35,36). The molecule has 0 atom stereocenters. The highest BCUT2D eigenvalue weighted by Crippen LogP contribution is 2.37. The van der Waals surface area contributed by atoms with E-state index in [0.717, 1.165) is 38.7 Å². The molecule has 0 bridgehead atoms. The number of hydrogen-bond donors (Lipinski definition) is 1. The number of rotatable bonds is 6. The van der Waals surface area contributed by atoms with Gasteiger partial charge in [-0.1, -0.05) is 93.6 Å². The summed E-state index contributed by atoms with van der Waals surface area (Å²) in [6.07, 6.45) is 2.07. The largest absolute Gasteiger partial charge is 0.477 e. The van der Waals surface area contributed by atoms with E-state index >= 15 is 0 Å². The quantitative estimate of drug-likeness (QED) is 0.235. The van der Waals surface area contributed by atoms with E-state index in [9.17, 15) is 9.90 Å². The van der Waals surface area contributed by atoms with E-state index in [-0.39, 0.29) is 5.41 Å². The molecule has 1 N–H and O–H groups in total. The highest BCUT2D eigenvalue weighted by molar-refractivity contribution is 7.98. The van der Waals surface area contributed by atoms with Crippen LogP contribution in [-0.4, -0.2) is 21.9 Å². The summed E-state index contributed by atoms with van der Waals surface area (Å²) in [6, 6.07) is 33.2. The molecule has 0 fully saturated rings. The topological polar surface area (TPSA) is 42.2 Å². The Morgan fingerprint density at radius 1 is 0.811 bits per heavy atom. The first-order valence-electron chi connectivity index (χ1n) is 12.4. The van der Waals surface area contributed by atoms with Gasteiger partial charge < -0.3 is 9.67 Å². The molecule has 0 saturated carbocycles. The van der Waals surface area contributed by atoms with Gasteiger partial charge >= 0.3 is 5.97 Å². The summed E-state index contributed by atoms with van der Waals surface area (Å²) in [5, 5.41) is 11.4. The van der Waals surface area contributed by atoms with Crippen LogP contribution in [0, 0.1) is 0 Å². The first-order valence-corrected chi connectivity index (χ1v) is 13.7. The van der Waals surface area contributed by atoms with Crippen molar-refractivity contribution in [3.8, 4) is 22.3 Å². The zero-order valence-corrected chi connectivity index (χ0v) is 22.5. The predicted molar refractivity (Wildman–Crippen MR) is 156 cm³/mol. The number of hydrogen-bond acceptors (Lipinski definition) is 2. The molecule has 0 saturated heterocycles. The fourth-order valence-electron chi connectivity index (χ4n) is 4.93. The Hall–Kier alpha value is -3.76. The van der Waals surface area contributed by atoms with Crippen molar-refractivity contribution in [3.63, 3.8) is 0 Å². The second-order valence-electron chi connectivity index (χ2n) is 10.4. The smallest absolute Gasteiger partial charge is 0.353 e. The number of carbonyl (C=O) groups is 1. The van der Waals surface area contributed by atoms with Crippen LogP contribution in [0.2, 0.25) is 0 Å². The Balaban J connectivity index is 1.61. The third-order valence-electron chi connectivity index (χ3n) is 6.90. The normalized spacial score (nSPS) is 11.7. The third kappa shape index (κ3) is 4.94. The fraction of sp³-hybridized carbons (Fsp3) is 0.182. The Labute approximate surface area is 222 Å². The molecule has 0 aliphatic rings. The van der Waals surface area contributed by atoms with Crippen LogP contribution in [0.5, 0.6) is 0 Å². The van der Waals surface area contributed by atoms with Crippen LogP contribution in [0.1, 0.15) is 42.4 Å². The maximum Gasteiger partial charge on any atom is 0.353 e. The van der Waals surface area contributed by atoms with Gasteiger partial charge in [0.1, 0.15) is 5.69 Å². The Morgan fingerprint density at radius 3 is 2.14 bits per heavy atom. The van der Waals surface area contributed by atoms with E-state index in [1.165, 1.54) is 10.5 Å². The van der Waals surface area contributed by atoms with Gasteiger partial charge in [0, 0.05) is 27.9 Å². The average molecular weight is 506 g/mol. The summed E-state index contributed by atoms with van der Waals surface area (Å²) >= 11 is 1.73. The summed E-state index contributed by atoms with van der Waals surface area (Å²) in [7, 11) is 0. The summed E-state index contributed by atoms with van der Waals surface area (Å²) in [6.45, 7) is 7.02. The van der Waals surface area contributed by atoms with Crippen molar-refractivity contribution in [1.82, 2.24) is 4.57 Å². The number of carboxylic acids is 1. The minimum atomic E-state index is -0.921. The first kappa shape index (κ1) is 24.9. The molecular weight excluding hydrogens is 474 g/mol. The number of fused-ring (bicyclic) bond motifs is 1. The van der Waals surface area contributed by atoms with Crippen LogP contribution in [0.25, 0.3) is 33.2 Å². The average Bonchev–Trinajstić information content (AvgIpc) is 3.23. The molecule has 1 aromatic heterocycles. The summed E-state index contributed by atoms with van der Waals surface area (Å²) < 4.78 is 1.95.